The number of hydrogen-bond acceptors (Lipinski definition) is 10. The molecular weight excluding hydrogens is 612 g/mol. The van der Waals surface area contributed by atoms with Gasteiger partial charge in [0.1, 0.15) is 18.6 Å². The molecule has 3 aromatic rings. The molecule has 48 heavy (non-hydrogen) atoms. The molecule has 1 aromatic carbocycles. The molecule has 13 heteroatoms. The average molecular weight is 658 g/mol. The second kappa shape index (κ2) is 10.9. The first-order valence-corrected chi connectivity index (χ1v) is 17.7. The number of alkyl halides is 1. The van der Waals surface area contributed by atoms with Crippen molar-refractivity contribution in [2.45, 2.75) is 121 Å². The summed E-state index contributed by atoms with van der Waals surface area (Å²) in [5, 5.41) is 8.45. The minimum Gasteiger partial charge on any atom is -0.461 e. The maximum Gasteiger partial charge on any atom is 0.494 e. The van der Waals surface area contributed by atoms with Crippen LogP contribution < -0.4 is 15.1 Å². The van der Waals surface area contributed by atoms with Crippen LogP contribution in [0.2, 0.25) is 0 Å². The lowest BCUT2D eigenvalue weighted by molar-refractivity contribution is -0.0730. The van der Waals surface area contributed by atoms with Crippen LogP contribution in [-0.4, -0.2) is 86.1 Å². The van der Waals surface area contributed by atoms with Gasteiger partial charge >= 0.3 is 13.1 Å². The van der Waals surface area contributed by atoms with Crippen LogP contribution in [-0.2, 0) is 52.2 Å². The zero-order chi connectivity index (χ0) is 32.9. The van der Waals surface area contributed by atoms with E-state index in [1.807, 2.05) is 10.9 Å². The number of aromatic nitrogens is 5. The minimum absolute atomic E-state index is 0.280. The van der Waals surface area contributed by atoms with Crippen LogP contribution in [0.4, 0.5) is 10.2 Å². The monoisotopic (exact) mass is 657 g/mol. The van der Waals surface area contributed by atoms with Crippen molar-refractivity contribution in [2.75, 3.05) is 31.1 Å². The molecule has 5 aliphatic heterocycles. The van der Waals surface area contributed by atoms with Crippen molar-refractivity contribution in [1.29, 1.82) is 0 Å². The number of rotatable bonds is 5. The molecule has 254 valence electrons. The van der Waals surface area contributed by atoms with Crippen LogP contribution in [0, 0.1) is 0 Å². The molecular formula is C35H45BFN7O4. The Morgan fingerprint density at radius 1 is 1.04 bits per heavy atom. The van der Waals surface area contributed by atoms with Gasteiger partial charge in [0.2, 0.25) is 0 Å². The summed E-state index contributed by atoms with van der Waals surface area (Å²) in [6, 6.07) is 6.95. The fourth-order valence-electron chi connectivity index (χ4n) is 8.92. The molecule has 0 N–H and O–H groups in total. The summed E-state index contributed by atoms with van der Waals surface area (Å²) in [5.41, 5.74) is 4.88. The van der Waals surface area contributed by atoms with E-state index in [2.05, 4.69) is 66.0 Å². The Morgan fingerprint density at radius 3 is 2.75 bits per heavy atom. The summed E-state index contributed by atoms with van der Waals surface area (Å²) in [4.78, 5) is 14.8. The highest BCUT2D eigenvalue weighted by atomic mass is 19.1. The van der Waals surface area contributed by atoms with Gasteiger partial charge in [-0.2, -0.15) is 9.97 Å². The highest BCUT2D eigenvalue weighted by Gasteiger charge is 2.53. The van der Waals surface area contributed by atoms with E-state index in [0.717, 1.165) is 80.0 Å². The second-order valence-corrected chi connectivity index (χ2v) is 15.8. The second-order valence-electron chi connectivity index (χ2n) is 15.8. The Bertz CT molecular complexity index is 1740. The van der Waals surface area contributed by atoms with Gasteiger partial charge in [0.25, 0.3) is 0 Å². The number of ether oxygens (including phenoxy) is 2. The fourth-order valence-corrected chi connectivity index (χ4v) is 8.92. The summed E-state index contributed by atoms with van der Waals surface area (Å²) in [5.74, 6) is 0.847. The first kappa shape index (κ1) is 30.9. The molecule has 7 heterocycles. The standard InChI is InChI=1S/C35H45BFN7O4/c1-32(2)33(3,4)48-36(47-32)24-8-7-23-9-11-35(28(23)15-24)17-29-27(21-46-35)30(42-12-6-14-44-26(20-42)18-38-41-44)40-31(39-29)45-22-34-10-5-13-43(34)19-25(37)16-34/h7-8,15,18,25H,5-6,9-14,16-17,19-22H2,1-4H3/t25-,34+,35?/m1/s1. The number of fused-ring (bicyclic) bond motifs is 5. The maximum absolute atomic E-state index is 14.6. The minimum atomic E-state index is -0.814. The van der Waals surface area contributed by atoms with E-state index in [1.165, 1.54) is 11.1 Å². The van der Waals surface area contributed by atoms with Crippen LogP contribution in [0.25, 0.3) is 0 Å². The topological polar surface area (TPSA) is 99.9 Å². The molecule has 0 bridgehead atoms. The van der Waals surface area contributed by atoms with E-state index in [4.69, 9.17) is 28.8 Å². The number of nitrogens with zero attached hydrogens (tertiary/aromatic N) is 7. The Morgan fingerprint density at radius 2 is 1.90 bits per heavy atom. The van der Waals surface area contributed by atoms with Gasteiger partial charge < -0.3 is 23.7 Å². The number of benzene rings is 1. The van der Waals surface area contributed by atoms with Crippen LogP contribution in [0.5, 0.6) is 6.01 Å². The number of anilines is 1. The van der Waals surface area contributed by atoms with Crippen LogP contribution >= 0.6 is 0 Å². The molecule has 1 spiro atoms. The fraction of sp³-hybridized carbons (Fsp3) is 0.657. The van der Waals surface area contributed by atoms with Gasteiger partial charge in [0, 0.05) is 38.0 Å². The third kappa shape index (κ3) is 4.90. The van der Waals surface area contributed by atoms with Crippen molar-refractivity contribution < 1.29 is 23.2 Å². The lowest BCUT2D eigenvalue weighted by Crippen LogP contribution is -2.43. The normalized spacial score (nSPS) is 30.3. The largest absolute Gasteiger partial charge is 0.494 e. The van der Waals surface area contributed by atoms with E-state index in [1.54, 1.807) is 0 Å². The van der Waals surface area contributed by atoms with Gasteiger partial charge in [-0.1, -0.05) is 23.4 Å². The van der Waals surface area contributed by atoms with Crippen molar-refractivity contribution in [2.24, 2.45) is 0 Å². The molecule has 9 rings (SSSR count). The molecule has 0 radical (unpaired) electrons. The summed E-state index contributed by atoms with van der Waals surface area (Å²) in [6.45, 7) is 12.8. The van der Waals surface area contributed by atoms with Gasteiger partial charge in [0.05, 0.1) is 53.1 Å². The molecule has 2 aromatic heterocycles. The van der Waals surface area contributed by atoms with Crippen molar-refractivity contribution in [3.05, 3.63) is 52.5 Å². The Labute approximate surface area is 281 Å². The van der Waals surface area contributed by atoms with E-state index in [-0.39, 0.29) is 5.54 Å². The maximum atomic E-state index is 14.6. The smallest absolute Gasteiger partial charge is 0.461 e. The van der Waals surface area contributed by atoms with Gasteiger partial charge in [-0.15, -0.1) is 5.10 Å². The van der Waals surface area contributed by atoms with Crippen LogP contribution in [0.1, 0.15) is 87.9 Å². The third-order valence-corrected chi connectivity index (χ3v) is 12.3. The molecule has 0 saturated carbocycles. The molecule has 0 amide bonds. The van der Waals surface area contributed by atoms with Crippen molar-refractivity contribution in [3.63, 3.8) is 0 Å². The Kier molecular flexibility index (Phi) is 7.04. The summed E-state index contributed by atoms with van der Waals surface area (Å²) >= 11 is 0. The predicted octanol–water partition coefficient (Wildman–Crippen LogP) is 3.65. The first-order valence-electron chi connectivity index (χ1n) is 17.7. The van der Waals surface area contributed by atoms with Crippen LogP contribution in [0.15, 0.2) is 24.4 Å². The zero-order valence-corrected chi connectivity index (χ0v) is 28.5. The quantitative estimate of drug-likeness (QED) is 0.379. The summed E-state index contributed by atoms with van der Waals surface area (Å²) in [6.07, 6.45) is 6.87. The lowest BCUT2D eigenvalue weighted by atomic mass is 9.76. The van der Waals surface area contributed by atoms with E-state index in [9.17, 15) is 4.39 Å². The van der Waals surface area contributed by atoms with Crippen molar-refractivity contribution in [3.8, 4) is 6.01 Å². The molecule has 3 atom stereocenters. The lowest BCUT2D eigenvalue weighted by Gasteiger charge is -2.37. The first-order chi connectivity index (χ1) is 23.0. The SMILES string of the molecule is CC1(C)OB(c2ccc3c(c2)C2(CC3)Cc3nc(OC[C@@]45CCCN4C[C@H](F)C5)nc(N4CCCn5nncc5C4)c3CO2)OC1(C)C. The Hall–Kier alpha value is -3.13. The predicted molar refractivity (Wildman–Crippen MR) is 177 cm³/mol. The van der Waals surface area contributed by atoms with E-state index >= 15 is 0 Å². The number of aryl methyl sites for hydroxylation is 2. The number of hydrogen-bond donors (Lipinski definition) is 0. The molecule has 3 saturated heterocycles. The molecule has 1 aliphatic carbocycles. The highest BCUT2D eigenvalue weighted by Crippen LogP contribution is 2.48. The van der Waals surface area contributed by atoms with Gasteiger partial charge in [0.15, 0.2) is 0 Å². The van der Waals surface area contributed by atoms with E-state index < -0.39 is 30.1 Å². The average Bonchev–Trinajstić information content (AvgIpc) is 3.82. The summed E-state index contributed by atoms with van der Waals surface area (Å²) in [7, 11) is -0.442. The van der Waals surface area contributed by atoms with E-state index in [0.29, 0.717) is 45.2 Å². The van der Waals surface area contributed by atoms with Gasteiger partial charge in [-0.25, -0.2) is 9.07 Å². The third-order valence-electron chi connectivity index (χ3n) is 12.3. The highest BCUT2D eigenvalue weighted by molar-refractivity contribution is 6.62. The molecule has 1 unspecified atom stereocenters. The zero-order valence-electron chi connectivity index (χ0n) is 28.5. The molecule has 3 fully saturated rings. The summed E-state index contributed by atoms with van der Waals surface area (Å²) < 4.78 is 42.9. The number of halogens is 1. The molecule has 6 aliphatic rings. The van der Waals surface area contributed by atoms with Crippen molar-refractivity contribution in [1.82, 2.24) is 29.9 Å². The van der Waals surface area contributed by atoms with Gasteiger partial charge in [-0.3, -0.25) is 4.90 Å². The molecule has 11 nitrogen and oxygen atoms in total. The van der Waals surface area contributed by atoms with Crippen molar-refractivity contribution >= 4 is 18.4 Å². The van der Waals surface area contributed by atoms with Crippen LogP contribution in [0.3, 0.4) is 0 Å². The van der Waals surface area contributed by atoms with Gasteiger partial charge in [-0.05, 0) is 82.9 Å². The Balaban J connectivity index is 1.06.